The number of rotatable bonds is 2. The van der Waals surface area contributed by atoms with Gasteiger partial charge in [-0.1, -0.05) is 22.0 Å². The molecule has 1 heterocycles. The molecular weight excluding hydrogens is 312 g/mol. The van der Waals surface area contributed by atoms with Crippen molar-refractivity contribution < 1.29 is 0 Å². The van der Waals surface area contributed by atoms with Crippen LogP contribution in [0.5, 0.6) is 0 Å². The van der Waals surface area contributed by atoms with Gasteiger partial charge in [-0.25, -0.2) is 0 Å². The fourth-order valence-electron chi connectivity index (χ4n) is 2.57. The highest BCUT2D eigenvalue weighted by Crippen LogP contribution is 2.28. The molecule has 0 saturated heterocycles. The third-order valence-corrected chi connectivity index (χ3v) is 3.84. The molecule has 0 aromatic heterocycles. The normalized spacial score (nSPS) is 16.1. The number of hydrogen-bond acceptors (Lipinski definition) is 2. The average molecular weight is 334 g/mol. The number of nitrogens with two attached hydrogens (primary N) is 1. The SMILES string of the molecule is Cc1cc(Br)c2c(c1)CN(CC(C)(C)N)CC2.Cl. The van der Waals surface area contributed by atoms with Crippen molar-refractivity contribution in [2.75, 3.05) is 13.1 Å². The Morgan fingerprint density at radius 3 is 2.67 bits per heavy atom. The van der Waals surface area contributed by atoms with Gasteiger partial charge in [-0.05, 0) is 49.9 Å². The number of fused-ring (bicyclic) bond motifs is 1. The van der Waals surface area contributed by atoms with E-state index in [2.05, 4.69) is 53.7 Å². The summed E-state index contributed by atoms with van der Waals surface area (Å²) in [5, 5.41) is 0. The van der Waals surface area contributed by atoms with Gasteiger partial charge < -0.3 is 5.73 Å². The molecule has 1 aromatic carbocycles. The van der Waals surface area contributed by atoms with Gasteiger partial charge in [0.2, 0.25) is 0 Å². The summed E-state index contributed by atoms with van der Waals surface area (Å²) >= 11 is 3.67. The minimum atomic E-state index is -0.113. The van der Waals surface area contributed by atoms with Crippen LogP contribution in [0.4, 0.5) is 0 Å². The molecular formula is C14H22BrClN2. The summed E-state index contributed by atoms with van der Waals surface area (Å²) < 4.78 is 1.26. The van der Waals surface area contributed by atoms with E-state index >= 15 is 0 Å². The third-order valence-electron chi connectivity index (χ3n) is 3.14. The fraction of sp³-hybridized carbons (Fsp3) is 0.571. The third kappa shape index (κ3) is 3.95. The van der Waals surface area contributed by atoms with E-state index in [-0.39, 0.29) is 17.9 Å². The molecule has 18 heavy (non-hydrogen) atoms. The fourth-order valence-corrected chi connectivity index (χ4v) is 3.38. The molecule has 2 nitrogen and oxygen atoms in total. The van der Waals surface area contributed by atoms with Crippen LogP contribution in [-0.4, -0.2) is 23.5 Å². The maximum atomic E-state index is 6.10. The lowest BCUT2D eigenvalue weighted by atomic mass is 9.96. The summed E-state index contributed by atoms with van der Waals surface area (Å²) in [6.45, 7) is 9.42. The van der Waals surface area contributed by atoms with Crippen molar-refractivity contribution in [1.29, 1.82) is 0 Å². The highest BCUT2D eigenvalue weighted by atomic mass is 79.9. The predicted molar refractivity (Wildman–Crippen MR) is 83.4 cm³/mol. The molecule has 4 heteroatoms. The number of halogens is 2. The summed E-state index contributed by atoms with van der Waals surface area (Å²) in [4.78, 5) is 2.45. The minimum absolute atomic E-state index is 0. The van der Waals surface area contributed by atoms with Gasteiger partial charge in [0.25, 0.3) is 0 Å². The van der Waals surface area contributed by atoms with Crippen LogP contribution >= 0.6 is 28.3 Å². The predicted octanol–water partition coefficient (Wildman–Crippen LogP) is 3.27. The summed E-state index contributed by atoms with van der Waals surface area (Å²) in [6.07, 6.45) is 1.12. The minimum Gasteiger partial charge on any atom is -0.324 e. The Bertz CT molecular complexity index is 427. The van der Waals surface area contributed by atoms with Gasteiger partial charge in [-0.3, -0.25) is 4.90 Å². The summed E-state index contributed by atoms with van der Waals surface area (Å²) in [7, 11) is 0. The molecule has 0 saturated carbocycles. The Hall–Kier alpha value is -0.0900. The van der Waals surface area contributed by atoms with Crippen LogP contribution < -0.4 is 5.73 Å². The van der Waals surface area contributed by atoms with Crippen molar-refractivity contribution in [3.05, 3.63) is 33.3 Å². The molecule has 1 aromatic rings. The van der Waals surface area contributed by atoms with E-state index in [0.717, 1.165) is 26.1 Å². The molecule has 0 spiro atoms. The van der Waals surface area contributed by atoms with Crippen LogP contribution in [0, 0.1) is 6.92 Å². The van der Waals surface area contributed by atoms with E-state index in [1.165, 1.54) is 21.2 Å². The monoisotopic (exact) mass is 332 g/mol. The van der Waals surface area contributed by atoms with Gasteiger partial charge in [0, 0.05) is 29.6 Å². The van der Waals surface area contributed by atoms with E-state index in [0.29, 0.717) is 0 Å². The van der Waals surface area contributed by atoms with E-state index in [1.807, 2.05) is 0 Å². The number of benzene rings is 1. The molecule has 2 rings (SSSR count). The van der Waals surface area contributed by atoms with Crippen LogP contribution in [-0.2, 0) is 13.0 Å². The molecule has 1 aliphatic heterocycles. The largest absolute Gasteiger partial charge is 0.324 e. The van der Waals surface area contributed by atoms with Crippen LogP contribution in [0.15, 0.2) is 16.6 Å². The Balaban J connectivity index is 0.00000162. The summed E-state index contributed by atoms with van der Waals surface area (Å²) in [5.74, 6) is 0. The lowest BCUT2D eigenvalue weighted by Gasteiger charge is -2.34. The zero-order valence-corrected chi connectivity index (χ0v) is 13.7. The van der Waals surface area contributed by atoms with Gasteiger partial charge in [0.15, 0.2) is 0 Å². The first-order valence-electron chi connectivity index (χ1n) is 6.14. The second-order valence-electron chi connectivity index (χ2n) is 5.83. The van der Waals surface area contributed by atoms with Crippen LogP contribution in [0.3, 0.4) is 0 Å². The zero-order chi connectivity index (χ0) is 12.6. The van der Waals surface area contributed by atoms with Gasteiger partial charge in [0.05, 0.1) is 0 Å². The first-order chi connectivity index (χ1) is 7.85. The Kier molecular flexibility index (Phi) is 5.24. The molecule has 1 aliphatic rings. The number of hydrogen-bond donors (Lipinski definition) is 1. The van der Waals surface area contributed by atoms with Gasteiger partial charge in [-0.15, -0.1) is 12.4 Å². The second kappa shape index (κ2) is 5.91. The van der Waals surface area contributed by atoms with E-state index in [9.17, 15) is 0 Å². The highest BCUT2D eigenvalue weighted by Gasteiger charge is 2.22. The molecule has 0 atom stereocenters. The van der Waals surface area contributed by atoms with E-state index in [1.54, 1.807) is 0 Å². The standard InChI is InChI=1S/C14H21BrN2.ClH/c1-10-6-11-8-17(9-14(2,3)16)5-4-12(11)13(15)7-10;/h6-7H,4-5,8-9,16H2,1-3H3;1H. The Morgan fingerprint density at radius 2 is 2.06 bits per heavy atom. The maximum absolute atomic E-state index is 6.10. The molecule has 2 N–H and O–H groups in total. The van der Waals surface area contributed by atoms with Crippen molar-refractivity contribution in [1.82, 2.24) is 4.90 Å². The molecule has 0 amide bonds. The van der Waals surface area contributed by atoms with Gasteiger partial charge in [-0.2, -0.15) is 0 Å². The maximum Gasteiger partial charge on any atom is 0.0237 e. The van der Waals surface area contributed by atoms with Crippen molar-refractivity contribution >= 4 is 28.3 Å². The molecule has 0 bridgehead atoms. The van der Waals surface area contributed by atoms with E-state index < -0.39 is 0 Å². The molecule has 0 unspecified atom stereocenters. The van der Waals surface area contributed by atoms with Crippen LogP contribution in [0.25, 0.3) is 0 Å². The molecule has 0 radical (unpaired) electrons. The van der Waals surface area contributed by atoms with Crippen molar-refractivity contribution in [3.63, 3.8) is 0 Å². The van der Waals surface area contributed by atoms with Crippen molar-refractivity contribution in [3.8, 4) is 0 Å². The topological polar surface area (TPSA) is 29.3 Å². The summed E-state index contributed by atoms with van der Waals surface area (Å²) in [6, 6.07) is 4.51. The molecule has 102 valence electrons. The summed E-state index contributed by atoms with van der Waals surface area (Å²) in [5.41, 5.74) is 10.2. The van der Waals surface area contributed by atoms with Gasteiger partial charge in [0.1, 0.15) is 0 Å². The smallest absolute Gasteiger partial charge is 0.0237 e. The lowest BCUT2D eigenvalue weighted by Crippen LogP contribution is -2.46. The first-order valence-corrected chi connectivity index (χ1v) is 6.93. The second-order valence-corrected chi connectivity index (χ2v) is 6.69. The van der Waals surface area contributed by atoms with Crippen molar-refractivity contribution in [2.24, 2.45) is 5.73 Å². The van der Waals surface area contributed by atoms with Crippen molar-refractivity contribution in [2.45, 2.75) is 39.3 Å². The molecule has 0 aliphatic carbocycles. The lowest BCUT2D eigenvalue weighted by molar-refractivity contribution is 0.209. The Labute approximate surface area is 124 Å². The highest BCUT2D eigenvalue weighted by molar-refractivity contribution is 9.10. The van der Waals surface area contributed by atoms with Gasteiger partial charge >= 0.3 is 0 Å². The number of nitrogens with zero attached hydrogens (tertiary/aromatic N) is 1. The quantitative estimate of drug-likeness (QED) is 0.900. The first kappa shape index (κ1) is 16.0. The number of aryl methyl sites for hydroxylation is 1. The van der Waals surface area contributed by atoms with Crippen LogP contribution in [0.2, 0.25) is 0 Å². The Morgan fingerprint density at radius 1 is 1.39 bits per heavy atom. The average Bonchev–Trinajstić information content (AvgIpc) is 2.13. The van der Waals surface area contributed by atoms with E-state index in [4.69, 9.17) is 5.73 Å². The zero-order valence-electron chi connectivity index (χ0n) is 11.3. The van der Waals surface area contributed by atoms with Crippen LogP contribution in [0.1, 0.15) is 30.5 Å². The molecule has 0 fully saturated rings.